The smallest absolute Gasteiger partial charge is 0.305 e. The van der Waals surface area contributed by atoms with Crippen LogP contribution in [0.15, 0.2) is 86.1 Å². The second kappa shape index (κ2) is 11.8. The Morgan fingerprint density at radius 2 is 1.49 bits per heavy atom. The van der Waals surface area contributed by atoms with E-state index in [1.54, 1.807) is 0 Å². The molecule has 1 N–H and O–H groups in total. The average molecular weight is 736 g/mol. The highest BCUT2D eigenvalue weighted by Crippen LogP contribution is 2.56. The van der Waals surface area contributed by atoms with E-state index in [0.29, 0.717) is 49.2 Å². The van der Waals surface area contributed by atoms with Crippen molar-refractivity contribution in [3.05, 3.63) is 97.2 Å². The SMILES string of the molecule is CC1(C)CC(=O)C2=C(C1)N(CCC(=O)O)C1=C(C(=O)CC(C)(C)C1)C2c1cc(Br)cc(Br)c1OCc1cccc2ccccc12. The first kappa shape index (κ1) is 31.7. The molecule has 0 fully saturated rings. The normalized spacial score (nSPS) is 19.6. The minimum Gasteiger partial charge on any atom is -0.487 e. The third kappa shape index (κ3) is 6.16. The number of nitrogens with zero attached hydrogens (tertiary/aromatic N) is 1. The lowest BCUT2D eigenvalue weighted by Crippen LogP contribution is -2.45. The molecule has 2 aliphatic carbocycles. The van der Waals surface area contributed by atoms with E-state index in [1.807, 2.05) is 35.2 Å². The highest BCUT2D eigenvalue weighted by molar-refractivity contribution is 9.11. The van der Waals surface area contributed by atoms with E-state index < -0.39 is 11.9 Å². The number of Topliss-reactive ketones (excluding diaryl/α,β-unsaturated/α-hetero) is 2. The number of carbonyl (C=O) groups excluding carboxylic acids is 2. The van der Waals surface area contributed by atoms with Crippen LogP contribution in [-0.4, -0.2) is 34.1 Å². The topological polar surface area (TPSA) is 83.9 Å². The van der Waals surface area contributed by atoms with Crippen LogP contribution in [0.3, 0.4) is 0 Å². The van der Waals surface area contributed by atoms with E-state index >= 15 is 0 Å². The average Bonchev–Trinajstić information content (AvgIpc) is 2.93. The number of halogens is 2. The van der Waals surface area contributed by atoms with Crippen molar-refractivity contribution in [1.29, 1.82) is 0 Å². The maximum absolute atomic E-state index is 14.2. The Balaban J connectivity index is 1.55. The fourth-order valence-electron chi connectivity index (χ4n) is 7.35. The molecule has 3 aliphatic rings. The van der Waals surface area contributed by atoms with Gasteiger partial charge in [-0.15, -0.1) is 0 Å². The standard InChI is InChI=1S/C37H37Br2NO5/c1-36(2)16-27-33(29(41)18-36)32(34-28(40(27)13-12-31(43)44)17-37(3,4)19-30(34)42)25-14-23(38)15-26(39)35(25)45-20-22-10-7-9-21-8-5-6-11-24(21)22/h5-11,14-15,32H,12-13,16-20H2,1-4H3,(H,43,44). The molecule has 8 heteroatoms. The number of carboxylic acids is 1. The van der Waals surface area contributed by atoms with Gasteiger partial charge in [-0.2, -0.15) is 0 Å². The first-order chi connectivity index (χ1) is 21.2. The van der Waals surface area contributed by atoms with Crippen LogP contribution in [0.25, 0.3) is 10.8 Å². The number of hydrogen-bond donors (Lipinski definition) is 1. The first-order valence-electron chi connectivity index (χ1n) is 15.3. The quantitative estimate of drug-likeness (QED) is 0.261. The summed E-state index contributed by atoms with van der Waals surface area (Å²) < 4.78 is 8.18. The van der Waals surface area contributed by atoms with Crippen molar-refractivity contribution in [2.45, 2.75) is 72.3 Å². The molecule has 1 aliphatic heterocycles. The van der Waals surface area contributed by atoms with Gasteiger partial charge in [0.15, 0.2) is 11.6 Å². The van der Waals surface area contributed by atoms with Gasteiger partial charge in [-0.25, -0.2) is 0 Å². The zero-order valence-corrected chi connectivity index (χ0v) is 29.2. The molecule has 0 radical (unpaired) electrons. The van der Waals surface area contributed by atoms with Crippen molar-refractivity contribution >= 4 is 60.2 Å². The van der Waals surface area contributed by atoms with Crippen LogP contribution in [0.1, 0.15) is 76.8 Å². The number of benzene rings is 3. The Bertz CT molecular complexity index is 1760. The highest BCUT2D eigenvalue weighted by Gasteiger charge is 2.49. The number of rotatable bonds is 7. The van der Waals surface area contributed by atoms with Crippen molar-refractivity contribution in [1.82, 2.24) is 4.90 Å². The predicted octanol–water partition coefficient (Wildman–Crippen LogP) is 9.10. The number of ketones is 2. The zero-order chi connectivity index (χ0) is 32.3. The van der Waals surface area contributed by atoms with Gasteiger partial charge in [0, 0.05) is 57.9 Å². The molecule has 234 valence electrons. The molecule has 0 saturated carbocycles. The summed E-state index contributed by atoms with van der Waals surface area (Å²) in [5.74, 6) is -0.966. The van der Waals surface area contributed by atoms with Crippen LogP contribution < -0.4 is 4.74 Å². The Hall–Kier alpha value is -3.23. The molecule has 6 nitrogen and oxygen atoms in total. The molecule has 1 heterocycles. The van der Waals surface area contributed by atoms with Gasteiger partial charge in [0.2, 0.25) is 0 Å². The number of allylic oxidation sites excluding steroid dienone is 4. The monoisotopic (exact) mass is 733 g/mol. The van der Waals surface area contributed by atoms with Crippen molar-refractivity contribution in [3.63, 3.8) is 0 Å². The molecule has 3 aromatic carbocycles. The molecule has 6 rings (SSSR count). The maximum atomic E-state index is 14.2. The summed E-state index contributed by atoms with van der Waals surface area (Å²) in [5, 5.41) is 11.9. The molecular formula is C37H37Br2NO5. The number of carboxylic acid groups (broad SMARTS) is 1. The van der Waals surface area contributed by atoms with Gasteiger partial charge >= 0.3 is 5.97 Å². The van der Waals surface area contributed by atoms with Crippen LogP contribution in [0.2, 0.25) is 0 Å². The number of fused-ring (bicyclic) bond motifs is 1. The van der Waals surface area contributed by atoms with Crippen molar-refractivity contribution in [2.75, 3.05) is 6.54 Å². The van der Waals surface area contributed by atoms with Gasteiger partial charge in [-0.3, -0.25) is 14.4 Å². The van der Waals surface area contributed by atoms with Crippen LogP contribution in [0, 0.1) is 10.8 Å². The number of ether oxygens (including phenoxy) is 1. The summed E-state index contributed by atoms with van der Waals surface area (Å²) in [7, 11) is 0. The van der Waals surface area contributed by atoms with E-state index in [0.717, 1.165) is 42.2 Å². The van der Waals surface area contributed by atoms with Gasteiger partial charge < -0.3 is 14.7 Å². The summed E-state index contributed by atoms with van der Waals surface area (Å²) in [5.41, 5.74) is 4.02. The third-order valence-corrected chi connectivity index (χ3v) is 10.2. The fraction of sp³-hybridized carbons (Fsp3) is 0.378. The molecule has 0 saturated heterocycles. The summed E-state index contributed by atoms with van der Waals surface area (Å²) in [6.45, 7) is 8.81. The van der Waals surface area contributed by atoms with Gasteiger partial charge in [0.05, 0.1) is 10.9 Å². The van der Waals surface area contributed by atoms with Crippen molar-refractivity contribution in [2.24, 2.45) is 10.8 Å². The lowest BCUT2D eigenvalue weighted by molar-refractivity contribution is -0.137. The third-order valence-electron chi connectivity index (χ3n) is 9.17. The van der Waals surface area contributed by atoms with E-state index in [1.165, 1.54) is 0 Å². The van der Waals surface area contributed by atoms with Crippen LogP contribution in [-0.2, 0) is 21.0 Å². The van der Waals surface area contributed by atoms with E-state index in [9.17, 15) is 19.5 Å². The Morgan fingerprint density at radius 1 is 0.889 bits per heavy atom. The predicted molar refractivity (Wildman–Crippen MR) is 182 cm³/mol. The Morgan fingerprint density at radius 3 is 2.11 bits per heavy atom. The molecule has 0 aromatic heterocycles. The molecule has 0 unspecified atom stereocenters. The molecule has 45 heavy (non-hydrogen) atoms. The van der Waals surface area contributed by atoms with Gasteiger partial charge in [0.25, 0.3) is 0 Å². The molecule has 0 bridgehead atoms. The largest absolute Gasteiger partial charge is 0.487 e. The minimum atomic E-state index is -0.913. The minimum absolute atomic E-state index is 0.00754. The van der Waals surface area contributed by atoms with Crippen LogP contribution >= 0.6 is 31.9 Å². The lowest BCUT2D eigenvalue weighted by Gasteiger charge is -2.49. The van der Waals surface area contributed by atoms with E-state index in [4.69, 9.17) is 4.74 Å². The molecule has 0 spiro atoms. The lowest BCUT2D eigenvalue weighted by atomic mass is 9.63. The molecular weight excluding hydrogens is 698 g/mol. The van der Waals surface area contributed by atoms with Crippen molar-refractivity contribution < 1.29 is 24.2 Å². The number of carbonyl (C=O) groups is 3. The summed E-state index contributed by atoms with van der Waals surface area (Å²) in [4.78, 5) is 42.3. The van der Waals surface area contributed by atoms with Gasteiger partial charge in [-0.1, -0.05) is 86.1 Å². The van der Waals surface area contributed by atoms with Crippen molar-refractivity contribution in [3.8, 4) is 5.75 Å². The molecule has 0 amide bonds. The van der Waals surface area contributed by atoms with Crippen LogP contribution in [0.5, 0.6) is 5.75 Å². The van der Waals surface area contributed by atoms with Gasteiger partial charge in [-0.05, 0) is 68.1 Å². The summed E-state index contributed by atoms with van der Waals surface area (Å²) in [6, 6.07) is 18.2. The second-order valence-corrected chi connectivity index (χ2v) is 15.8. The summed E-state index contributed by atoms with van der Waals surface area (Å²) in [6.07, 6.45) is 1.81. The second-order valence-electron chi connectivity index (χ2n) is 14.1. The van der Waals surface area contributed by atoms with Crippen LogP contribution in [0.4, 0.5) is 0 Å². The van der Waals surface area contributed by atoms with E-state index in [2.05, 4.69) is 83.8 Å². The van der Waals surface area contributed by atoms with Gasteiger partial charge in [0.1, 0.15) is 12.4 Å². The van der Waals surface area contributed by atoms with E-state index in [-0.39, 0.29) is 35.4 Å². The number of hydrogen-bond acceptors (Lipinski definition) is 5. The molecule has 0 atom stereocenters. The Kier molecular flexibility index (Phi) is 8.36. The first-order valence-corrected chi connectivity index (χ1v) is 16.9. The highest BCUT2D eigenvalue weighted by atomic mass is 79.9. The Labute approximate surface area is 280 Å². The molecule has 3 aromatic rings. The maximum Gasteiger partial charge on any atom is 0.305 e. The zero-order valence-electron chi connectivity index (χ0n) is 26.0. The fourth-order valence-corrected chi connectivity index (χ4v) is 8.72. The number of aliphatic carboxylic acids is 1. The summed E-state index contributed by atoms with van der Waals surface area (Å²) >= 11 is 7.42.